The normalized spacial score (nSPS) is 14.1. The Bertz CT molecular complexity index is 916. The average Bonchev–Trinajstić information content (AvgIpc) is 2.89. The van der Waals surface area contributed by atoms with Gasteiger partial charge in [0.1, 0.15) is 11.3 Å². The van der Waals surface area contributed by atoms with E-state index >= 15 is 0 Å². The summed E-state index contributed by atoms with van der Waals surface area (Å²) in [5.41, 5.74) is 4.80. The van der Waals surface area contributed by atoms with E-state index in [4.69, 9.17) is 0 Å². The summed E-state index contributed by atoms with van der Waals surface area (Å²) in [6, 6.07) is 12.2. The third-order valence-corrected chi connectivity index (χ3v) is 4.85. The van der Waals surface area contributed by atoms with Crippen LogP contribution < -0.4 is 0 Å². The molecule has 116 valence electrons. The molecule has 1 aliphatic rings. The number of pyridine rings is 1. The lowest BCUT2D eigenvalue weighted by Gasteiger charge is -2.28. The highest BCUT2D eigenvalue weighted by atomic mass is 79.9. The molecule has 1 aliphatic heterocycles. The highest BCUT2D eigenvalue weighted by Gasteiger charge is 2.25. The van der Waals surface area contributed by atoms with Crippen molar-refractivity contribution in [3.05, 3.63) is 69.6 Å². The van der Waals surface area contributed by atoms with Gasteiger partial charge in [0.05, 0.1) is 5.69 Å². The van der Waals surface area contributed by atoms with E-state index in [1.54, 1.807) is 0 Å². The van der Waals surface area contributed by atoms with Crippen LogP contribution in [0.2, 0.25) is 0 Å². The van der Waals surface area contributed by atoms with Crippen LogP contribution in [0, 0.1) is 6.92 Å². The summed E-state index contributed by atoms with van der Waals surface area (Å²) in [7, 11) is 0. The van der Waals surface area contributed by atoms with Crippen molar-refractivity contribution in [3.63, 3.8) is 0 Å². The maximum atomic E-state index is 13.1. The molecule has 4 nitrogen and oxygen atoms in total. The van der Waals surface area contributed by atoms with Gasteiger partial charge in [-0.05, 0) is 52.5 Å². The van der Waals surface area contributed by atoms with E-state index in [9.17, 15) is 4.79 Å². The van der Waals surface area contributed by atoms with Crippen molar-refractivity contribution >= 4 is 27.5 Å². The van der Waals surface area contributed by atoms with E-state index in [1.165, 1.54) is 11.1 Å². The molecule has 1 amide bonds. The molecule has 0 fully saturated rings. The van der Waals surface area contributed by atoms with Gasteiger partial charge in [0.2, 0.25) is 0 Å². The lowest BCUT2D eigenvalue weighted by atomic mass is 9.99. The average molecular weight is 370 g/mol. The first-order chi connectivity index (χ1) is 11.1. The van der Waals surface area contributed by atoms with E-state index in [0.29, 0.717) is 12.2 Å². The van der Waals surface area contributed by atoms with Crippen LogP contribution in [0.4, 0.5) is 0 Å². The smallest absolute Gasteiger partial charge is 0.273 e. The summed E-state index contributed by atoms with van der Waals surface area (Å²) in [4.78, 5) is 19.5. The number of hydrogen-bond donors (Lipinski definition) is 0. The number of hydrogen-bond acceptors (Lipinski definition) is 2. The van der Waals surface area contributed by atoms with Crippen molar-refractivity contribution in [2.45, 2.75) is 19.9 Å². The number of fused-ring (bicyclic) bond motifs is 2. The zero-order valence-electron chi connectivity index (χ0n) is 12.8. The standard InChI is InChI=1S/C18H16BrN3O/c1-12-17(22-11-15(19)6-7-16(22)20-12)18(23)21-9-8-13-4-2-3-5-14(13)10-21/h2-7,11H,8-10H2,1H3. The molecule has 0 unspecified atom stereocenters. The molecule has 0 atom stereocenters. The van der Waals surface area contributed by atoms with Gasteiger partial charge in [0, 0.05) is 23.8 Å². The fourth-order valence-electron chi connectivity index (χ4n) is 3.21. The van der Waals surface area contributed by atoms with E-state index in [0.717, 1.165) is 28.8 Å². The van der Waals surface area contributed by atoms with Gasteiger partial charge in [0.15, 0.2) is 0 Å². The highest BCUT2D eigenvalue weighted by Crippen LogP contribution is 2.23. The topological polar surface area (TPSA) is 37.6 Å². The number of rotatable bonds is 1. The van der Waals surface area contributed by atoms with Crippen LogP contribution in [-0.2, 0) is 13.0 Å². The third kappa shape index (κ3) is 2.45. The number of amides is 1. The summed E-state index contributed by atoms with van der Waals surface area (Å²) in [6.45, 7) is 3.30. The molecule has 4 rings (SSSR count). The van der Waals surface area contributed by atoms with Gasteiger partial charge in [-0.25, -0.2) is 4.98 Å². The fraction of sp³-hybridized carbons (Fsp3) is 0.222. The minimum absolute atomic E-state index is 0.0441. The third-order valence-electron chi connectivity index (χ3n) is 4.38. The van der Waals surface area contributed by atoms with Crippen LogP contribution in [0.3, 0.4) is 0 Å². The molecular formula is C18H16BrN3O. The molecule has 3 aromatic rings. The minimum atomic E-state index is 0.0441. The van der Waals surface area contributed by atoms with Crippen LogP contribution in [0.1, 0.15) is 27.3 Å². The van der Waals surface area contributed by atoms with E-state index in [2.05, 4.69) is 39.1 Å². The highest BCUT2D eigenvalue weighted by molar-refractivity contribution is 9.10. The number of imidazole rings is 1. The lowest BCUT2D eigenvalue weighted by Crippen LogP contribution is -2.36. The number of halogens is 1. The van der Waals surface area contributed by atoms with Gasteiger partial charge >= 0.3 is 0 Å². The summed E-state index contributed by atoms with van der Waals surface area (Å²) < 4.78 is 2.81. The van der Waals surface area contributed by atoms with Crippen molar-refractivity contribution in [1.82, 2.24) is 14.3 Å². The van der Waals surface area contributed by atoms with Gasteiger partial charge in [-0.3, -0.25) is 9.20 Å². The quantitative estimate of drug-likeness (QED) is 0.657. The largest absolute Gasteiger partial charge is 0.333 e. The number of carbonyl (C=O) groups is 1. The zero-order valence-corrected chi connectivity index (χ0v) is 14.4. The van der Waals surface area contributed by atoms with Gasteiger partial charge < -0.3 is 4.90 Å². The number of benzene rings is 1. The molecule has 2 aromatic heterocycles. The molecule has 0 saturated heterocycles. The maximum Gasteiger partial charge on any atom is 0.273 e. The molecule has 0 N–H and O–H groups in total. The molecule has 0 spiro atoms. The molecule has 5 heteroatoms. The molecular weight excluding hydrogens is 354 g/mol. The predicted molar refractivity (Wildman–Crippen MR) is 92.5 cm³/mol. The molecule has 23 heavy (non-hydrogen) atoms. The first kappa shape index (κ1) is 14.5. The number of nitrogens with zero attached hydrogens (tertiary/aromatic N) is 3. The van der Waals surface area contributed by atoms with Gasteiger partial charge in [-0.15, -0.1) is 0 Å². The summed E-state index contributed by atoms with van der Waals surface area (Å²) >= 11 is 3.47. The first-order valence-corrected chi connectivity index (χ1v) is 8.43. The SMILES string of the molecule is Cc1nc2ccc(Br)cn2c1C(=O)N1CCc2ccccc2C1. The van der Waals surface area contributed by atoms with E-state index in [1.807, 2.05) is 40.6 Å². The second kappa shape index (κ2) is 5.49. The van der Waals surface area contributed by atoms with Crippen molar-refractivity contribution in [2.24, 2.45) is 0 Å². The Balaban J connectivity index is 1.73. The molecule has 0 saturated carbocycles. The number of aryl methyl sites for hydroxylation is 1. The van der Waals surface area contributed by atoms with Crippen molar-refractivity contribution in [1.29, 1.82) is 0 Å². The number of aromatic nitrogens is 2. The Hall–Kier alpha value is -2.14. The first-order valence-electron chi connectivity index (χ1n) is 7.64. The van der Waals surface area contributed by atoms with Gasteiger partial charge in [0.25, 0.3) is 5.91 Å². The Morgan fingerprint density at radius 3 is 2.78 bits per heavy atom. The van der Waals surface area contributed by atoms with E-state index < -0.39 is 0 Å². The molecule has 1 aromatic carbocycles. The summed E-state index contributed by atoms with van der Waals surface area (Å²) in [6.07, 6.45) is 2.81. The van der Waals surface area contributed by atoms with E-state index in [-0.39, 0.29) is 5.91 Å². The molecule has 0 bridgehead atoms. The molecule has 0 radical (unpaired) electrons. The minimum Gasteiger partial charge on any atom is -0.333 e. The molecule has 3 heterocycles. The Morgan fingerprint density at radius 1 is 1.17 bits per heavy atom. The Kier molecular flexibility index (Phi) is 3.45. The van der Waals surface area contributed by atoms with Crippen molar-refractivity contribution < 1.29 is 4.79 Å². The summed E-state index contributed by atoms with van der Waals surface area (Å²) in [5, 5.41) is 0. The molecule has 0 aliphatic carbocycles. The van der Waals surface area contributed by atoms with Crippen LogP contribution >= 0.6 is 15.9 Å². The van der Waals surface area contributed by atoms with Crippen LogP contribution in [-0.4, -0.2) is 26.7 Å². The number of carbonyl (C=O) groups excluding carboxylic acids is 1. The lowest BCUT2D eigenvalue weighted by molar-refractivity contribution is 0.0727. The second-order valence-electron chi connectivity index (χ2n) is 5.87. The second-order valence-corrected chi connectivity index (χ2v) is 6.78. The maximum absolute atomic E-state index is 13.1. The monoisotopic (exact) mass is 369 g/mol. The van der Waals surface area contributed by atoms with Crippen molar-refractivity contribution in [2.75, 3.05) is 6.54 Å². The van der Waals surface area contributed by atoms with Crippen LogP contribution in [0.25, 0.3) is 5.65 Å². The van der Waals surface area contributed by atoms with Gasteiger partial charge in [-0.1, -0.05) is 24.3 Å². The van der Waals surface area contributed by atoms with Crippen LogP contribution in [0.15, 0.2) is 47.1 Å². The Morgan fingerprint density at radius 2 is 1.96 bits per heavy atom. The summed E-state index contributed by atoms with van der Waals surface area (Å²) in [5.74, 6) is 0.0441. The zero-order chi connectivity index (χ0) is 16.0. The fourth-order valence-corrected chi connectivity index (χ4v) is 3.55. The predicted octanol–water partition coefficient (Wildman–Crippen LogP) is 3.60. The van der Waals surface area contributed by atoms with Crippen molar-refractivity contribution in [3.8, 4) is 0 Å². The van der Waals surface area contributed by atoms with Crippen LogP contribution in [0.5, 0.6) is 0 Å². The van der Waals surface area contributed by atoms with Gasteiger partial charge in [-0.2, -0.15) is 0 Å². The Labute approximate surface area is 142 Å².